The normalized spacial score (nSPS) is 18.2. The van der Waals surface area contributed by atoms with Crippen molar-refractivity contribution in [3.63, 3.8) is 0 Å². The number of aromatic nitrogens is 3. The van der Waals surface area contributed by atoms with Crippen LogP contribution in [0.15, 0.2) is 12.7 Å². The predicted octanol–water partition coefficient (Wildman–Crippen LogP) is 0.727. The number of amides is 1. The van der Waals surface area contributed by atoms with Crippen LogP contribution in [0.2, 0.25) is 0 Å². The zero-order valence-corrected chi connectivity index (χ0v) is 11.2. The standard InChI is InChI=1S/C13H22N4O2/c18-9-13(5-2-1-3-6-13)8-15-12(19)4-7-17-11-14-10-16-17/h10-11,18H,1-9H2,(H,15,19). The second-order valence-corrected chi connectivity index (χ2v) is 5.40. The molecule has 1 aliphatic rings. The summed E-state index contributed by atoms with van der Waals surface area (Å²) in [5.41, 5.74) is -0.0961. The number of carbonyl (C=O) groups excluding carboxylic acids is 1. The minimum absolute atomic E-state index is 0.00824. The van der Waals surface area contributed by atoms with E-state index in [0.29, 0.717) is 19.5 Å². The molecule has 1 heterocycles. The molecule has 2 rings (SSSR count). The SMILES string of the molecule is O=C(CCn1cncn1)NCC1(CO)CCCCC1. The zero-order chi connectivity index (χ0) is 13.6. The molecule has 0 atom stereocenters. The van der Waals surface area contributed by atoms with Crippen LogP contribution >= 0.6 is 0 Å². The molecule has 0 bridgehead atoms. The van der Waals surface area contributed by atoms with E-state index < -0.39 is 0 Å². The van der Waals surface area contributed by atoms with Crippen LogP contribution in [0.1, 0.15) is 38.5 Å². The first-order valence-electron chi connectivity index (χ1n) is 6.94. The van der Waals surface area contributed by atoms with Crippen LogP contribution in [0.3, 0.4) is 0 Å². The molecule has 106 valence electrons. The van der Waals surface area contributed by atoms with Crippen LogP contribution in [0.4, 0.5) is 0 Å². The van der Waals surface area contributed by atoms with E-state index >= 15 is 0 Å². The summed E-state index contributed by atoms with van der Waals surface area (Å²) in [6, 6.07) is 0. The van der Waals surface area contributed by atoms with Gasteiger partial charge in [0.2, 0.25) is 5.91 Å². The molecule has 0 unspecified atom stereocenters. The Labute approximate surface area is 113 Å². The third kappa shape index (κ3) is 4.02. The second-order valence-electron chi connectivity index (χ2n) is 5.40. The molecule has 1 saturated carbocycles. The Balaban J connectivity index is 1.72. The molecule has 2 N–H and O–H groups in total. The minimum Gasteiger partial charge on any atom is -0.396 e. The lowest BCUT2D eigenvalue weighted by Gasteiger charge is -2.35. The molecule has 6 heteroatoms. The summed E-state index contributed by atoms with van der Waals surface area (Å²) in [6.07, 6.45) is 9.00. The van der Waals surface area contributed by atoms with Crippen molar-refractivity contribution in [2.75, 3.05) is 13.2 Å². The molecule has 0 saturated heterocycles. The van der Waals surface area contributed by atoms with Gasteiger partial charge in [0, 0.05) is 18.4 Å². The number of carbonyl (C=O) groups is 1. The van der Waals surface area contributed by atoms with Gasteiger partial charge in [-0.15, -0.1) is 0 Å². The van der Waals surface area contributed by atoms with Crippen LogP contribution in [0, 0.1) is 5.41 Å². The van der Waals surface area contributed by atoms with E-state index in [1.165, 1.54) is 12.7 Å². The minimum atomic E-state index is -0.0961. The molecule has 1 fully saturated rings. The van der Waals surface area contributed by atoms with Gasteiger partial charge in [0.1, 0.15) is 12.7 Å². The fourth-order valence-electron chi connectivity index (χ4n) is 2.63. The van der Waals surface area contributed by atoms with Gasteiger partial charge in [0.25, 0.3) is 0 Å². The first-order chi connectivity index (χ1) is 9.24. The Morgan fingerprint density at radius 3 is 2.79 bits per heavy atom. The maximum absolute atomic E-state index is 11.8. The van der Waals surface area contributed by atoms with Crippen molar-refractivity contribution in [3.05, 3.63) is 12.7 Å². The first-order valence-corrected chi connectivity index (χ1v) is 6.94. The maximum atomic E-state index is 11.8. The van der Waals surface area contributed by atoms with Crippen LogP contribution in [0.5, 0.6) is 0 Å². The number of aryl methyl sites for hydroxylation is 1. The number of aliphatic hydroxyl groups is 1. The van der Waals surface area contributed by atoms with Gasteiger partial charge < -0.3 is 10.4 Å². The third-order valence-corrected chi connectivity index (χ3v) is 3.94. The first kappa shape index (κ1) is 14.0. The highest BCUT2D eigenvalue weighted by Gasteiger charge is 2.31. The van der Waals surface area contributed by atoms with Gasteiger partial charge in [-0.3, -0.25) is 9.48 Å². The van der Waals surface area contributed by atoms with Gasteiger partial charge in [0.15, 0.2) is 0 Å². The van der Waals surface area contributed by atoms with Crippen molar-refractivity contribution in [1.82, 2.24) is 20.1 Å². The fraction of sp³-hybridized carbons (Fsp3) is 0.769. The predicted molar refractivity (Wildman–Crippen MR) is 70.3 cm³/mol. The highest BCUT2D eigenvalue weighted by molar-refractivity contribution is 5.75. The molecule has 1 aromatic rings. The van der Waals surface area contributed by atoms with Crippen molar-refractivity contribution in [3.8, 4) is 0 Å². The Hall–Kier alpha value is -1.43. The van der Waals surface area contributed by atoms with Crippen molar-refractivity contribution < 1.29 is 9.90 Å². The highest BCUT2D eigenvalue weighted by Crippen LogP contribution is 2.35. The molecule has 0 spiro atoms. The van der Waals surface area contributed by atoms with Crippen molar-refractivity contribution in [2.24, 2.45) is 5.41 Å². The summed E-state index contributed by atoms with van der Waals surface area (Å²) in [6.45, 7) is 1.29. The van der Waals surface area contributed by atoms with E-state index in [9.17, 15) is 9.90 Å². The number of hydrogen-bond donors (Lipinski definition) is 2. The Bertz CT molecular complexity index is 385. The Kier molecular flexibility index (Phi) is 4.90. The molecular formula is C13H22N4O2. The van der Waals surface area contributed by atoms with Gasteiger partial charge >= 0.3 is 0 Å². The van der Waals surface area contributed by atoms with Crippen LogP contribution < -0.4 is 5.32 Å². The monoisotopic (exact) mass is 266 g/mol. The molecular weight excluding hydrogens is 244 g/mol. The van der Waals surface area contributed by atoms with Gasteiger partial charge in [-0.1, -0.05) is 19.3 Å². The van der Waals surface area contributed by atoms with Crippen molar-refractivity contribution in [1.29, 1.82) is 0 Å². The lowest BCUT2D eigenvalue weighted by atomic mass is 9.74. The van der Waals surface area contributed by atoms with E-state index in [1.54, 1.807) is 11.0 Å². The maximum Gasteiger partial charge on any atom is 0.221 e. The Morgan fingerprint density at radius 1 is 1.37 bits per heavy atom. The average molecular weight is 266 g/mol. The molecule has 0 radical (unpaired) electrons. The summed E-state index contributed by atoms with van der Waals surface area (Å²) < 4.78 is 1.64. The highest BCUT2D eigenvalue weighted by atomic mass is 16.3. The van der Waals surface area contributed by atoms with Gasteiger partial charge in [-0.05, 0) is 12.8 Å². The number of nitrogens with one attached hydrogen (secondary N) is 1. The second kappa shape index (κ2) is 6.65. The van der Waals surface area contributed by atoms with Crippen molar-refractivity contribution >= 4 is 5.91 Å². The lowest BCUT2D eigenvalue weighted by Crippen LogP contribution is -2.41. The molecule has 1 aromatic heterocycles. The summed E-state index contributed by atoms with van der Waals surface area (Å²) in [5.74, 6) is 0.00824. The van der Waals surface area contributed by atoms with E-state index in [4.69, 9.17) is 0 Å². The fourth-order valence-corrected chi connectivity index (χ4v) is 2.63. The van der Waals surface area contributed by atoms with Gasteiger partial charge in [0.05, 0.1) is 13.2 Å². The van der Waals surface area contributed by atoms with Crippen LogP contribution in [-0.2, 0) is 11.3 Å². The number of hydrogen-bond acceptors (Lipinski definition) is 4. The smallest absolute Gasteiger partial charge is 0.221 e. The van der Waals surface area contributed by atoms with E-state index in [-0.39, 0.29) is 17.9 Å². The van der Waals surface area contributed by atoms with E-state index in [2.05, 4.69) is 15.4 Å². The molecule has 19 heavy (non-hydrogen) atoms. The van der Waals surface area contributed by atoms with E-state index in [0.717, 1.165) is 25.7 Å². The van der Waals surface area contributed by atoms with Crippen molar-refractivity contribution in [2.45, 2.75) is 45.1 Å². The lowest BCUT2D eigenvalue weighted by molar-refractivity contribution is -0.122. The van der Waals surface area contributed by atoms with Crippen LogP contribution in [-0.4, -0.2) is 38.9 Å². The zero-order valence-electron chi connectivity index (χ0n) is 11.2. The molecule has 0 aliphatic heterocycles. The summed E-state index contributed by atoms with van der Waals surface area (Å²) >= 11 is 0. The van der Waals surface area contributed by atoms with Gasteiger partial charge in [-0.2, -0.15) is 5.10 Å². The summed E-state index contributed by atoms with van der Waals surface area (Å²) in [7, 11) is 0. The molecule has 6 nitrogen and oxygen atoms in total. The molecule has 1 aliphatic carbocycles. The van der Waals surface area contributed by atoms with E-state index in [1.807, 2.05) is 0 Å². The third-order valence-electron chi connectivity index (χ3n) is 3.94. The molecule has 0 aromatic carbocycles. The van der Waals surface area contributed by atoms with Gasteiger partial charge in [-0.25, -0.2) is 4.98 Å². The summed E-state index contributed by atoms with van der Waals surface area (Å²) in [4.78, 5) is 15.6. The average Bonchev–Trinajstić information content (AvgIpc) is 2.97. The number of nitrogens with zero attached hydrogens (tertiary/aromatic N) is 3. The molecule has 1 amide bonds. The largest absolute Gasteiger partial charge is 0.396 e. The quantitative estimate of drug-likeness (QED) is 0.795. The summed E-state index contributed by atoms with van der Waals surface area (Å²) in [5, 5.41) is 16.5. The number of aliphatic hydroxyl groups excluding tert-OH is 1. The Morgan fingerprint density at radius 2 is 2.16 bits per heavy atom. The van der Waals surface area contributed by atoms with Crippen LogP contribution in [0.25, 0.3) is 0 Å². The topological polar surface area (TPSA) is 80.0 Å². The number of rotatable bonds is 6.